The minimum Gasteiger partial charge on any atom is -0.345 e. The number of hydrogen-bond acceptors (Lipinski definition) is 2. The lowest BCUT2D eigenvalue weighted by Crippen LogP contribution is -2.26. The minimum absolute atomic E-state index is 1.01. The Morgan fingerprint density at radius 2 is 0.654 bits per heavy atom. The molecular weight excluding hydrogens is 316 g/mol. The Hall–Kier alpha value is -2.74. The molecule has 0 amide bonds. The maximum atomic E-state index is 4.39. The Balaban J connectivity index is 2.42. The molecule has 0 N–H and O–H groups in total. The molecule has 0 radical (unpaired) electrons. The minimum atomic E-state index is 1.01. The quantitative estimate of drug-likeness (QED) is 0.593. The molecule has 0 aromatic heterocycles. The van der Waals surface area contributed by atoms with Crippen molar-refractivity contribution in [2.75, 3.05) is 14.1 Å². The fourth-order valence-corrected chi connectivity index (χ4v) is 4.69. The zero-order chi connectivity index (χ0) is 19.2. The Bertz CT molecular complexity index is 940. The van der Waals surface area contributed by atoms with Gasteiger partial charge in [-0.3, -0.25) is 0 Å². The van der Waals surface area contributed by atoms with Crippen LogP contribution in [0.5, 0.6) is 0 Å². The second kappa shape index (κ2) is 4.91. The molecule has 0 fully saturated rings. The molecule has 0 bridgehead atoms. The van der Waals surface area contributed by atoms with E-state index in [9.17, 15) is 0 Å². The summed E-state index contributed by atoms with van der Waals surface area (Å²) in [6.07, 6.45) is 0. The third-order valence-corrected chi connectivity index (χ3v) is 6.65. The summed E-state index contributed by atoms with van der Waals surface area (Å²) in [5.74, 6) is 0. The van der Waals surface area contributed by atoms with Crippen molar-refractivity contribution in [3.05, 3.63) is 70.8 Å². The van der Waals surface area contributed by atoms with E-state index in [-0.39, 0.29) is 0 Å². The monoisotopic (exact) mass is 342 g/mol. The second-order valence-corrected chi connectivity index (χ2v) is 7.65. The highest BCUT2D eigenvalue weighted by Gasteiger charge is 2.35. The second-order valence-electron chi connectivity index (χ2n) is 7.65. The molecule has 0 saturated heterocycles. The summed E-state index contributed by atoms with van der Waals surface area (Å²) in [5.41, 5.74) is 14.1. The van der Waals surface area contributed by atoms with E-state index in [0.717, 1.165) is 22.8 Å². The molecule has 0 unspecified atom stereocenters. The smallest absolute Gasteiger partial charge is 0.0418 e. The molecule has 0 aliphatic carbocycles. The highest BCUT2D eigenvalue weighted by molar-refractivity contribution is 6.16. The summed E-state index contributed by atoms with van der Waals surface area (Å²) < 4.78 is 0. The van der Waals surface area contributed by atoms with Gasteiger partial charge in [-0.15, -0.1) is 0 Å². The van der Waals surface area contributed by atoms with Gasteiger partial charge in [0.2, 0.25) is 0 Å². The molecule has 0 saturated carbocycles. The molecule has 2 aliphatic rings. The first-order valence-corrected chi connectivity index (χ1v) is 8.95. The van der Waals surface area contributed by atoms with Gasteiger partial charge in [-0.25, -0.2) is 0 Å². The van der Waals surface area contributed by atoms with E-state index in [4.69, 9.17) is 0 Å². The van der Waals surface area contributed by atoms with Crippen LogP contribution in [0.25, 0.3) is 33.6 Å². The van der Waals surface area contributed by atoms with E-state index < -0.39 is 0 Å². The van der Waals surface area contributed by atoms with E-state index in [2.05, 4.69) is 77.9 Å². The van der Waals surface area contributed by atoms with Crippen molar-refractivity contribution in [2.45, 2.75) is 27.7 Å². The lowest BCUT2D eigenvalue weighted by Gasteiger charge is -2.40. The maximum Gasteiger partial charge on any atom is 0.0418 e. The summed E-state index contributed by atoms with van der Waals surface area (Å²) in [4.78, 5) is 4.24. The van der Waals surface area contributed by atoms with E-state index in [1.165, 1.54) is 55.3 Å². The van der Waals surface area contributed by atoms with E-state index >= 15 is 0 Å². The standard InChI is InChI=1S/C24H26N2/c1-11-12(2)20-16(6)26(10)18(8)22-14(4)13(3)21-17(7)25(9)15(5)19(11)23(21)24(20)22/h5-8H2,1-4,9-10H3. The molecular formula is C24H26N2. The molecule has 2 nitrogen and oxygen atoms in total. The van der Waals surface area contributed by atoms with Crippen molar-refractivity contribution in [2.24, 2.45) is 0 Å². The zero-order valence-electron chi connectivity index (χ0n) is 16.7. The van der Waals surface area contributed by atoms with Crippen LogP contribution in [0.1, 0.15) is 44.5 Å². The molecule has 2 aromatic rings. The SMILES string of the molecule is C=C1c2c(C)c(C)c3c4c(c(C)c(C)c(c24)C(=C)N1C)C(=C)N(C)C3=C. The molecule has 26 heavy (non-hydrogen) atoms. The average molecular weight is 342 g/mol. The molecule has 2 heteroatoms. The average Bonchev–Trinajstić information content (AvgIpc) is 2.60. The van der Waals surface area contributed by atoms with Crippen molar-refractivity contribution in [3.63, 3.8) is 0 Å². The van der Waals surface area contributed by atoms with Crippen LogP contribution in [0.2, 0.25) is 0 Å². The van der Waals surface area contributed by atoms with Gasteiger partial charge in [-0.2, -0.15) is 0 Å². The first-order chi connectivity index (χ1) is 12.1. The molecule has 0 atom stereocenters. The van der Waals surface area contributed by atoms with Crippen molar-refractivity contribution in [1.82, 2.24) is 9.80 Å². The summed E-state index contributed by atoms with van der Waals surface area (Å²) in [6.45, 7) is 26.3. The third kappa shape index (κ3) is 1.63. The van der Waals surface area contributed by atoms with Crippen LogP contribution in [0.15, 0.2) is 26.3 Å². The molecule has 2 aromatic carbocycles. The van der Waals surface area contributed by atoms with Gasteiger partial charge in [-0.1, -0.05) is 26.3 Å². The zero-order valence-corrected chi connectivity index (χ0v) is 16.7. The van der Waals surface area contributed by atoms with Gasteiger partial charge in [0.1, 0.15) is 0 Å². The summed E-state index contributed by atoms with van der Waals surface area (Å²) in [6, 6.07) is 0. The number of rotatable bonds is 0. The number of hydrogen-bond donors (Lipinski definition) is 0. The van der Waals surface area contributed by atoms with Gasteiger partial charge < -0.3 is 9.80 Å². The van der Waals surface area contributed by atoms with Gasteiger partial charge in [0, 0.05) is 69.9 Å². The normalized spacial score (nSPS) is 16.2. The first-order valence-electron chi connectivity index (χ1n) is 8.95. The van der Waals surface area contributed by atoms with Gasteiger partial charge in [0.05, 0.1) is 0 Å². The van der Waals surface area contributed by atoms with Crippen LogP contribution in [0, 0.1) is 27.7 Å². The van der Waals surface area contributed by atoms with Crippen LogP contribution in [-0.4, -0.2) is 23.9 Å². The van der Waals surface area contributed by atoms with Crippen molar-refractivity contribution >= 4 is 33.6 Å². The van der Waals surface area contributed by atoms with Gasteiger partial charge >= 0.3 is 0 Å². The Morgan fingerprint density at radius 1 is 0.462 bits per heavy atom. The van der Waals surface area contributed by atoms with Crippen LogP contribution < -0.4 is 0 Å². The molecule has 2 heterocycles. The van der Waals surface area contributed by atoms with E-state index in [1.54, 1.807) is 0 Å². The lowest BCUT2D eigenvalue weighted by molar-refractivity contribution is 0.676. The number of benzene rings is 2. The Morgan fingerprint density at radius 3 is 0.846 bits per heavy atom. The van der Waals surface area contributed by atoms with E-state index in [0.29, 0.717) is 0 Å². The topological polar surface area (TPSA) is 6.48 Å². The van der Waals surface area contributed by atoms with Crippen molar-refractivity contribution in [1.29, 1.82) is 0 Å². The van der Waals surface area contributed by atoms with Gasteiger partial charge in [-0.05, 0) is 49.9 Å². The van der Waals surface area contributed by atoms with Crippen LogP contribution >= 0.6 is 0 Å². The van der Waals surface area contributed by atoms with E-state index in [1.807, 2.05) is 0 Å². The van der Waals surface area contributed by atoms with Crippen LogP contribution in [0.3, 0.4) is 0 Å². The summed E-state index contributed by atoms with van der Waals surface area (Å²) in [7, 11) is 4.12. The first kappa shape index (κ1) is 16.7. The molecule has 2 aliphatic heterocycles. The van der Waals surface area contributed by atoms with Gasteiger partial charge in [0.25, 0.3) is 0 Å². The Kier molecular flexibility index (Phi) is 3.16. The number of nitrogens with zero attached hydrogens (tertiary/aromatic N) is 2. The molecule has 132 valence electrons. The largest absolute Gasteiger partial charge is 0.345 e. The van der Waals surface area contributed by atoms with Crippen LogP contribution in [-0.2, 0) is 0 Å². The Labute approximate surface area is 156 Å². The van der Waals surface area contributed by atoms with Gasteiger partial charge in [0.15, 0.2) is 0 Å². The van der Waals surface area contributed by atoms with Crippen molar-refractivity contribution in [3.8, 4) is 0 Å². The van der Waals surface area contributed by atoms with Crippen molar-refractivity contribution < 1.29 is 0 Å². The fourth-order valence-electron chi connectivity index (χ4n) is 4.69. The highest BCUT2D eigenvalue weighted by Crippen LogP contribution is 2.52. The molecule has 4 rings (SSSR count). The fraction of sp³-hybridized carbons (Fsp3) is 0.250. The predicted octanol–water partition coefficient (Wildman–Crippen LogP) is 5.85. The predicted molar refractivity (Wildman–Crippen MR) is 115 cm³/mol. The third-order valence-electron chi connectivity index (χ3n) is 6.65. The molecule has 0 spiro atoms. The maximum absolute atomic E-state index is 4.39. The van der Waals surface area contributed by atoms with Crippen LogP contribution in [0.4, 0.5) is 0 Å². The summed E-state index contributed by atoms with van der Waals surface area (Å²) in [5, 5.41) is 2.54. The lowest BCUT2D eigenvalue weighted by atomic mass is 9.76. The highest BCUT2D eigenvalue weighted by atomic mass is 15.1. The summed E-state index contributed by atoms with van der Waals surface area (Å²) >= 11 is 0.